The number of methoxy groups -OCH3 is 1. The third-order valence-corrected chi connectivity index (χ3v) is 3.92. The summed E-state index contributed by atoms with van der Waals surface area (Å²) in [7, 11) is 1.55. The number of halogens is 1. The maximum Gasteiger partial charge on any atom is 0.251 e. The SMILES string of the molecule is COc1ccc(C(=O)N[C@@H](CC(C)C)c2ccccc2)cc1Cl. The van der Waals surface area contributed by atoms with Gasteiger partial charge in [-0.25, -0.2) is 0 Å². The molecule has 0 unspecified atom stereocenters. The first-order chi connectivity index (χ1) is 11.0. The zero-order valence-electron chi connectivity index (χ0n) is 13.7. The summed E-state index contributed by atoms with van der Waals surface area (Å²) in [6.07, 6.45) is 0.875. The van der Waals surface area contributed by atoms with E-state index in [0.29, 0.717) is 22.3 Å². The maximum atomic E-state index is 12.6. The highest BCUT2D eigenvalue weighted by Gasteiger charge is 2.17. The third kappa shape index (κ3) is 4.73. The summed E-state index contributed by atoms with van der Waals surface area (Å²) in [6.45, 7) is 4.29. The van der Waals surface area contributed by atoms with Gasteiger partial charge in [-0.2, -0.15) is 0 Å². The fourth-order valence-corrected chi connectivity index (χ4v) is 2.74. The van der Waals surface area contributed by atoms with Crippen molar-refractivity contribution in [2.45, 2.75) is 26.3 Å². The van der Waals surface area contributed by atoms with Crippen molar-refractivity contribution in [3.8, 4) is 5.75 Å². The molecule has 0 aromatic heterocycles. The molecule has 2 rings (SSSR count). The number of hydrogen-bond donors (Lipinski definition) is 1. The van der Waals surface area contributed by atoms with Gasteiger partial charge in [0.1, 0.15) is 5.75 Å². The van der Waals surface area contributed by atoms with E-state index < -0.39 is 0 Å². The number of amides is 1. The standard InChI is InChI=1S/C19H22ClNO2/c1-13(2)11-17(14-7-5-4-6-8-14)21-19(22)15-9-10-18(23-3)16(20)12-15/h4-10,12-13,17H,11H2,1-3H3,(H,21,22)/t17-/m0/s1. The molecule has 2 aromatic rings. The van der Waals surface area contributed by atoms with E-state index in [1.54, 1.807) is 25.3 Å². The van der Waals surface area contributed by atoms with Gasteiger partial charge in [-0.1, -0.05) is 55.8 Å². The Balaban J connectivity index is 2.19. The van der Waals surface area contributed by atoms with Crippen LogP contribution in [0.5, 0.6) is 5.75 Å². The molecule has 0 spiro atoms. The van der Waals surface area contributed by atoms with Gasteiger partial charge in [-0.05, 0) is 36.1 Å². The Morgan fingerprint density at radius 1 is 1.17 bits per heavy atom. The van der Waals surface area contributed by atoms with Crippen LogP contribution in [0.2, 0.25) is 5.02 Å². The number of benzene rings is 2. The molecule has 0 aliphatic heterocycles. The average Bonchev–Trinajstić information content (AvgIpc) is 2.54. The molecule has 4 heteroatoms. The highest BCUT2D eigenvalue weighted by atomic mass is 35.5. The molecule has 0 fully saturated rings. The molecule has 3 nitrogen and oxygen atoms in total. The van der Waals surface area contributed by atoms with Crippen LogP contribution in [0.15, 0.2) is 48.5 Å². The Hall–Kier alpha value is -2.00. The lowest BCUT2D eigenvalue weighted by atomic mass is 9.96. The van der Waals surface area contributed by atoms with Crippen LogP contribution < -0.4 is 10.1 Å². The van der Waals surface area contributed by atoms with Gasteiger partial charge in [-0.3, -0.25) is 4.79 Å². The second-order valence-corrected chi connectivity index (χ2v) is 6.32. The molecule has 0 heterocycles. The van der Waals surface area contributed by atoms with Gasteiger partial charge >= 0.3 is 0 Å². The Morgan fingerprint density at radius 3 is 2.43 bits per heavy atom. The van der Waals surface area contributed by atoms with E-state index in [2.05, 4.69) is 19.2 Å². The fourth-order valence-electron chi connectivity index (χ4n) is 2.48. The second kappa shape index (κ2) is 8.02. The summed E-state index contributed by atoms with van der Waals surface area (Å²) in [6, 6.07) is 15.0. The molecule has 0 radical (unpaired) electrons. The van der Waals surface area contributed by atoms with Gasteiger partial charge < -0.3 is 10.1 Å². The first kappa shape index (κ1) is 17.4. The first-order valence-electron chi connectivity index (χ1n) is 7.70. The van der Waals surface area contributed by atoms with Gasteiger partial charge in [-0.15, -0.1) is 0 Å². The quantitative estimate of drug-likeness (QED) is 0.820. The minimum Gasteiger partial charge on any atom is -0.495 e. The minimum absolute atomic E-state index is 0.0235. The van der Waals surface area contributed by atoms with E-state index in [-0.39, 0.29) is 11.9 Å². The van der Waals surface area contributed by atoms with Crippen LogP contribution in [-0.4, -0.2) is 13.0 Å². The molecule has 0 saturated carbocycles. The van der Waals surface area contributed by atoms with Crippen LogP contribution in [-0.2, 0) is 0 Å². The highest BCUT2D eigenvalue weighted by molar-refractivity contribution is 6.32. The summed E-state index contributed by atoms with van der Waals surface area (Å²) in [4.78, 5) is 12.6. The topological polar surface area (TPSA) is 38.3 Å². The smallest absolute Gasteiger partial charge is 0.251 e. The summed E-state index contributed by atoms with van der Waals surface area (Å²) in [5, 5.41) is 3.54. The average molecular weight is 332 g/mol. The zero-order valence-corrected chi connectivity index (χ0v) is 14.4. The van der Waals surface area contributed by atoms with E-state index in [1.165, 1.54) is 0 Å². The van der Waals surface area contributed by atoms with Crippen LogP contribution in [0.25, 0.3) is 0 Å². The van der Waals surface area contributed by atoms with Gasteiger partial charge in [0.25, 0.3) is 5.91 Å². The first-order valence-corrected chi connectivity index (χ1v) is 8.08. The molecule has 2 aromatic carbocycles. The van der Waals surface area contributed by atoms with Crippen molar-refractivity contribution < 1.29 is 9.53 Å². The molecule has 1 N–H and O–H groups in total. The summed E-state index contributed by atoms with van der Waals surface area (Å²) >= 11 is 6.11. The Labute approximate surface area is 142 Å². The molecule has 0 aliphatic carbocycles. The molecule has 0 bridgehead atoms. The normalized spacial score (nSPS) is 12.0. The van der Waals surface area contributed by atoms with E-state index >= 15 is 0 Å². The predicted molar refractivity (Wildman–Crippen MR) is 94.1 cm³/mol. The fraction of sp³-hybridized carbons (Fsp3) is 0.316. The molecular weight excluding hydrogens is 310 g/mol. The number of nitrogens with one attached hydrogen (secondary N) is 1. The van der Waals surface area contributed by atoms with E-state index in [1.807, 2.05) is 30.3 Å². The van der Waals surface area contributed by atoms with Crippen LogP contribution in [0.4, 0.5) is 0 Å². The third-order valence-electron chi connectivity index (χ3n) is 3.63. The number of rotatable bonds is 6. The molecule has 23 heavy (non-hydrogen) atoms. The zero-order chi connectivity index (χ0) is 16.8. The van der Waals surface area contributed by atoms with Gasteiger partial charge in [0.05, 0.1) is 18.2 Å². The second-order valence-electron chi connectivity index (χ2n) is 5.92. The van der Waals surface area contributed by atoms with Crippen molar-refractivity contribution in [2.24, 2.45) is 5.92 Å². The Kier molecular flexibility index (Phi) is 6.05. The summed E-state index contributed by atoms with van der Waals surface area (Å²) in [5.41, 5.74) is 1.63. The van der Waals surface area contributed by atoms with Crippen LogP contribution in [0.1, 0.15) is 42.2 Å². The monoisotopic (exact) mass is 331 g/mol. The lowest BCUT2D eigenvalue weighted by molar-refractivity contribution is 0.0932. The van der Waals surface area contributed by atoms with Gasteiger partial charge in [0.2, 0.25) is 0 Å². The Morgan fingerprint density at radius 2 is 1.87 bits per heavy atom. The lowest BCUT2D eigenvalue weighted by Crippen LogP contribution is -2.29. The maximum absolute atomic E-state index is 12.6. The van der Waals surface area contributed by atoms with E-state index in [9.17, 15) is 4.79 Å². The minimum atomic E-state index is -0.135. The number of carbonyl (C=O) groups excluding carboxylic acids is 1. The van der Waals surface area contributed by atoms with Crippen LogP contribution in [0.3, 0.4) is 0 Å². The van der Waals surface area contributed by atoms with Gasteiger partial charge in [0, 0.05) is 5.56 Å². The molecule has 0 aliphatic rings. The number of ether oxygens (including phenoxy) is 1. The molecule has 1 amide bonds. The largest absolute Gasteiger partial charge is 0.495 e. The van der Waals surface area contributed by atoms with Crippen molar-refractivity contribution in [3.05, 3.63) is 64.7 Å². The van der Waals surface area contributed by atoms with Gasteiger partial charge in [0.15, 0.2) is 0 Å². The summed E-state index contributed by atoms with van der Waals surface area (Å²) < 4.78 is 5.12. The van der Waals surface area contributed by atoms with Crippen molar-refractivity contribution in [3.63, 3.8) is 0 Å². The Bertz CT molecular complexity index is 656. The molecule has 122 valence electrons. The van der Waals surface area contributed by atoms with E-state index in [4.69, 9.17) is 16.3 Å². The van der Waals surface area contributed by atoms with Crippen LogP contribution in [0, 0.1) is 5.92 Å². The van der Waals surface area contributed by atoms with Crippen LogP contribution >= 0.6 is 11.6 Å². The van der Waals surface area contributed by atoms with Crippen molar-refractivity contribution in [2.75, 3.05) is 7.11 Å². The lowest BCUT2D eigenvalue weighted by Gasteiger charge is -2.21. The molecule has 1 atom stereocenters. The van der Waals surface area contributed by atoms with Crippen molar-refractivity contribution in [1.29, 1.82) is 0 Å². The van der Waals surface area contributed by atoms with E-state index in [0.717, 1.165) is 12.0 Å². The summed E-state index contributed by atoms with van der Waals surface area (Å²) in [5.74, 6) is 0.897. The number of hydrogen-bond acceptors (Lipinski definition) is 2. The highest BCUT2D eigenvalue weighted by Crippen LogP contribution is 2.26. The van der Waals surface area contributed by atoms with Crippen molar-refractivity contribution >= 4 is 17.5 Å². The molecule has 0 saturated heterocycles. The molecular formula is C19H22ClNO2. The number of carbonyl (C=O) groups is 1. The van der Waals surface area contributed by atoms with Crippen molar-refractivity contribution in [1.82, 2.24) is 5.32 Å². The predicted octanol–water partition coefficient (Wildman–Crippen LogP) is 4.87.